The van der Waals surface area contributed by atoms with Gasteiger partial charge in [0.25, 0.3) is 11.8 Å². The van der Waals surface area contributed by atoms with Crippen LogP contribution in [0.1, 0.15) is 41.6 Å². The number of nitrogens with one attached hydrogen (secondary N) is 1. The zero-order chi connectivity index (χ0) is 23.8. The van der Waals surface area contributed by atoms with Crippen molar-refractivity contribution in [3.8, 4) is 10.4 Å². The molecule has 3 rings (SSSR count). The molecule has 0 aliphatic rings. The van der Waals surface area contributed by atoms with Crippen molar-refractivity contribution in [1.82, 2.24) is 4.98 Å². The van der Waals surface area contributed by atoms with Gasteiger partial charge in [-0.05, 0) is 49.7 Å². The van der Waals surface area contributed by atoms with Crippen molar-refractivity contribution >= 4 is 34.0 Å². The summed E-state index contributed by atoms with van der Waals surface area (Å²) in [5.74, 6) is -3.55. The zero-order valence-corrected chi connectivity index (χ0v) is 17.8. The van der Waals surface area contributed by atoms with Crippen LogP contribution < -0.4 is 16.8 Å². The maximum absolute atomic E-state index is 14.7. The Bertz CT molecular complexity index is 1180. The zero-order valence-electron chi connectivity index (χ0n) is 17.0. The number of nitrogens with zero attached hydrogens (tertiary/aromatic N) is 1. The van der Waals surface area contributed by atoms with Gasteiger partial charge in [0.15, 0.2) is 6.10 Å². The SMILES string of the molecule is CC(C)(O)c1cc(F)c(-c2cc(C(N)=O)c(Nc3cccc(C(O)C(N)=O)n3)s2)c(F)c1. The second-order valence-corrected chi connectivity index (χ2v) is 8.52. The minimum atomic E-state index is -1.64. The lowest BCUT2D eigenvalue weighted by Crippen LogP contribution is -2.21. The van der Waals surface area contributed by atoms with Gasteiger partial charge in [0.1, 0.15) is 22.5 Å². The Labute approximate surface area is 185 Å². The number of hydrogen-bond acceptors (Lipinski definition) is 7. The number of benzene rings is 1. The fourth-order valence-corrected chi connectivity index (χ4v) is 4.01. The molecule has 32 heavy (non-hydrogen) atoms. The summed E-state index contributed by atoms with van der Waals surface area (Å²) in [5.41, 5.74) is 8.64. The monoisotopic (exact) mass is 462 g/mol. The smallest absolute Gasteiger partial charge is 0.252 e. The molecule has 2 amide bonds. The summed E-state index contributed by atoms with van der Waals surface area (Å²) < 4.78 is 29.5. The van der Waals surface area contributed by atoms with Crippen molar-refractivity contribution in [2.24, 2.45) is 11.5 Å². The van der Waals surface area contributed by atoms with E-state index in [-0.39, 0.29) is 38.1 Å². The number of thiophene rings is 1. The van der Waals surface area contributed by atoms with Crippen LogP contribution in [0.25, 0.3) is 10.4 Å². The number of primary amides is 2. The van der Waals surface area contributed by atoms with E-state index in [2.05, 4.69) is 10.3 Å². The molecule has 0 aliphatic heterocycles. The van der Waals surface area contributed by atoms with E-state index < -0.39 is 35.2 Å². The van der Waals surface area contributed by atoms with E-state index in [4.69, 9.17) is 11.5 Å². The number of aromatic nitrogens is 1. The van der Waals surface area contributed by atoms with Crippen molar-refractivity contribution in [3.63, 3.8) is 0 Å². The molecule has 1 atom stereocenters. The van der Waals surface area contributed by atoms with Crippen LogP contribution in [0, 0.1) is 11.6 Å². The first-order valence-electron chi connectivity index (χ1n) is 9.25. The normalized spacial score (nSPS) is 12.4. The molecule has 2 heterocycles. The number of aliphatic hydroxyl groups excluding tert-OH is 1. The van der Waals surface area contributed by atoms with E-state index in [1.807, 2.05) is 0 Å². The van der Waals surface area contributed by atoms with Crippen LogP contribution >= 0.6 is 11.3 Å². The maximum atomic E-state index is 14.7. The number of carbonyl (C=O) groups is 2. The fourth-order valence-electron chi connectivity index (χ4n) is 2.89. The average molecular weight is 462 g/mol. The number of anilines is 2. The number of amides is 2. The van der Waals surface area contributed by atoms with Crippen molar-refractivity contribution in [2.45, 2.75) is 25.6 Å². The van der Waals surface area contributed by atoms with Crippen molar-refractivity contribution in [2.75, 3.05) is 5.32 Å². The Kier molecular flexibility index (Phi) is 6.26. The first-order valence-corrected chi connectivity index (χ1v) is 10.1. The van der Waals surface area contributed by atoms with Gasteiger partial charge in [-0.25, -0.2) is 13.8 Å². The summed E-state index contributed by atoms with van der Waals surface area (Å²) in [6.45, 7) is 2.80. The van der Waals surface area contributed by atoms with Gasteiger partial charge >= 0.3 is 0 Å². The minimum Gasteiger partial charge on any atom is -0.386 e. The molecule has 11 heteroatoms. The molecular weight excluding hydrogens is 442 g/mol. The highest BCUT2D eigenvalue weighted by Gasteiger charge is 2.24. The molecule has 1 aromatic carbocycles. The molecular formula is C21H20F2N4O4S. The van der Waals surface area contributed by atoms with Crippen LogP contribution in [0.4, 0.5) is 19.6 Å². The molecule has 8 nitrogen and oxygen atoms in total. The Morgan fingerprint density at radius 3 is 2.31 bits per heavy atom. The molecule has 7 N–H and O–H groups in total. The molecule has 0 saturated heterocycles. The van der Waals surface area contributed by atoms with Gasteiger partial charge < -0.3 is 27.0 Å². The average Bonchev–Trinajstić information content (AvgIpc) is 3.09. The molecule has 0 radical (unpaired) electrons. The van der Waals surface area contributed by atoms with E-state index in [1.165, 1.54) is 38.1 Å². The Hall–Kier alpha value is -3.41. The highest BCUT2D eigenvalue weighted by atomic mass is 32.1. The lowest BCUT2D eigenvalue weighted by atomic mass is 9.96. The van der Waals surface area contributed by atoms with Crippen LogP contribution in [0.3, 0.4) is 0 Å². The number of nitrogens with two attached hydrogens (primary N) is 2. The van der Waals surface area contributed by atoms with Crippen molar-refractivity contribution in [3.05, 3.63) is 64.9 Å². The summed E-state index contributed by atoms with van der Waals surface area (Å²) in [5, 5.41) is 22.8. The lowest BCUT2D eigenvalue weighted by molar-refractivity contribution is -0.126. The number of pyridine rings is 1. The maximum Gasteiger partial charge on any atom is 0.252 e. The van der Waals surface area contributed by atoms with Gasteiger partial charge in [0, 0.05) is 4.88 Å². The third-order valence-corrected chi connectivity index (χ3v) is 5.62. The number of carbonyl (C=O) groups excluding carboxylic acids is 2. The number of hydrogen-bond donors (Lipinski definition) is 5. The second kappa shape index (κ2) is 8.61. The Morgan fingerprint density at radius 2 is 1.78 bits per heavy atom. The van der Waals surface area contributed by atoms with Crippen LogP contribution in [0.15, 0.2) is 36.4 Å². The highest BCUT2D eigenvalue weighted by Crippen LogP contribution is 2.40. The molecule has 0 aliphatic carbocycles. The summed E-state index contributed by atoms with van der Waals surface area (Å²) in [7, 11) is 0. The van der Waals surface area contributed by atoms with E-state index in [9.17, 15) is 28.6 Å². The minimum absolute atomic E-state index is 0.0285. The summed E-state index contributed by atoms with van der Waals surface area (Å²) >= 11 is 0.849. The first kappa shape index (κ1) is 23.3. The fraction of sp³-hybridized carbons (Fsp3) is 0.190. The third kappa shape index (κ3) is 4.74. The molecule has 0 spiro atoms. The number of halogens is 2. The molecule has 168 valence electrons. The lowest BCUT2D eigenvalue weighted by Gasteiger charge is -2.18. The van der Waals surface area contributed by atoms with Gasteiger partial charge in [0.2, 0.25) is 0 Å². The van der Waals surface area contributed by atoms with E-state index >= 15 is 0 Å². The third-order valence-electron chi connectivity index (χ3n) is 4.55. The Morgan fingerprint density at radius 1 is 1.16 bits per heavy atom. The molecule has 0 fully saturated rings. The largest absolute Gasteiger partial charge is 0.386 e. The second-order valence-electron chi connectivity index (χ2n) is 7.47. The predicted molar refractivity (Wildman–Crippen MR) is 115 cm³/mol. The van der Waals surface area contributed by atoms with Gasteiger partial charge in [-0.15, -0.1) is 11.3 Å². The highest BCUT2D eigenvalue weighted by molar-refractivity contribution is 7.20. The van der Waals surface area contributed by atoms with E-state index in [0.717, 1.165) is 23.5 Å². The number of rotatable bonds is 7. The molecule has 1 unspecified atom stereocenters. The Balaban J connectivity index is 2.04. The quantitative estimate of drug-likeness (QED) is 0.364. The van der Waals surface area contributed by atoms with Crippen LogP contribution in [-0.2, 0) is 10.4 Å². The summed E-state index contributed by atoms with van der Waals surface area (Å²) in [6.07, 6.45) is -1.64. The number of aliphatic hydroxyl groups is 2. The molecule has 0 saturated carbocycles. The van der Waals surface area contributed by atoms with Gasteiger partial charge in [-0.3, -0.25) is 9.59 Å². The molecule has 2 aromatic heterocycles. The molecule has 0 bridgehead atoms. The van der Waals surface area contributed by atoms with Gasteiger partial charge in [0.05, 0.1) is 22.4 Å². The standard InChI is InChI=1S/C21H20F2N4O4S/c1-21(2,31)9-6-11(22)16(12(23)7-9)14-8-10(18(24)29)20(32-14)27-15-5-3-4-13(26-15)17(28)19(25)30/h3-8,17,28,31H,1-2H3,(H2,24,29)(H2,25,30)(H,26,27). The predicted octanol–water partition coefficient (Wildman–Crippen LogP) is 2.68. The summed E-state index contributed by atoms with van der Waals surface area (Å²) in [6, 6.07) is 7.63. The van der Waals surface area contributed by atoms with Gasteiger partial charge in [-0.2, -0.15) is 0 Å². The van der Waals surface area contributed by atoms with E-state index in [1.54, 1.807) is 0 Å². The van der Waals surface area contributed by atoms with Gasteiger partial charge in [-0.1, -0.05) is 6.07 Å². The topological polar surface area (TPSA) is 152 Å². The van der Waals surface area contributed by atoms with E-state index in [0.29, 0.717) is 0 Å². The summed E-state index contributed by atoms with van der Waals surface area (Å²) in [4.78, 5) is 27.2. The van der Waals surface area contributed by atoms with Crippen molar-refractivity contribution < 1.29 is 28.6 Å². The van der Waals surface area contributed by atoms with Crippen molar-refractivity contribution in [1.29, 1.82) is 0 Å². The van der Waals surface area contributed by atoms with Crippen LogP contribution in [-0.4, -0.2) is 27.0 Å². The first-order chi connectivity index (χ1) is 14.9. The van der Waals surface area contributed by atoms with Crippen LogP contribution in [0.5, 0.6) is 0 Å². The molecule has 3 aromatic rings. The van der Waals surface area contributed by atoms with Crippen LogP contribution in [0.2, 0.25) is 0 Å².